The van der Waals surface area contributed by atoms with E-state index >= 15 is 0 Å². The number of aliphatic carboxylic acids is 2. The Hall–Kier alpha value is -6.68. The van der Waals surface area contributed by atoms with Gasteiger partial charge >= 0.3 is 5.97 Å². The van der Waals surface area contributed by atoms with Gasteiger partial charge in [-0.25, -0.2) is 0 Å². The van der Waals surface area contributed by atoms with E-state index in [1.165, 1.54) is 29.2 Å². The second kappa shape index (κ2) is 31.0. The molecule has 2 heterocycles. The predicted molar refractivity (Wildman–Crippen MR) is 266 cm³/mol. The quantitative estimate of drug-likeness (QED) is 0.0695. The van der Waals surface area contributed by atoms with Gasteiger partial charge in [-0.2, -0.15) is 0 Å². The second-order valence-electron chi connectivity index (χ2n) is 17.8. The number of carboxylic acids is 2. The monoisotopic (exact) mass is 1070 g/mol. The minimum atomic E-state index is -1.88. The molecule has 0 radical (unpaired) electrons. The highest BCUT2D eigenvalue weighted by Crippen LogP contribution is 2.26. The van der Waals surface area contributed by atoms with E-state index in [9.17, 15) is 63.0 Å². The molecule has 0 saturated carbocycles. The third-order valence-electron chi connectivity index (χ3n) is 11.3. The van der Waals surface area contributed by atoms with Gasteiger partial charge in [-0.3, -0.25) is 57.5 Å². The maximum Gasteiger partial charge on any atom is 0.305 e. The van der Waals surface area contributed by atoms with Crippen molar-refractivity contribution in [3.63, 3.8) is 0 Å². The number of nitrogens with zero attached hydrogens (tertiary/aromatic N) is 1. The van der Waals surface area contributed by atoms with Crippen LogP contribution in [0.2, 0.25) is 0 Å². The molecule has 3 rings (SSSR count). The third kappa shape index (κ3) is 22.3. The van der Waals surface area contributed by atoms with Gasteiger partial charge < -0.3 is 74.6 Å². The van der Waals surface area contributed by atoms with Crippen molar-refractivity contribution < 1.29 is 72.9 Å². The van der Waals surface area contributed by atoms with Crippen molar-refractivity contribution in [3.05, 3.63) is 29.8 Å². The molecule has 73 heavy (non-hydrogen) atoms. The van der Waals surface area contributed by atoms with Crippen LogP contribution >= 0.6 is 21.6 Å². The number of carboxylic acid groups (broad SMARTS) is 2. The highest BCUT2D eigenvalue weighted by atomic mass is 33.1. The van der Waals surface area contributed by atoms with E-state index in [2.05, 4.69) is 37.2 Å². The summed E-state index contributed by atoms with van der Waals surface area (Å²) in [5.74, 6) is -12.1. The van der Waals surface area contributed by atoms with Gasteiger partial charge in [0.1, 0.15) is 48.0 Å². The molecule has 28 heteroatoms. The summed E-state index contributed by atoms with van der Waals surface area (Å²) < 4.78 is 0. The van der Waals surface area contributed by atoms with Crippen molar-refractivity contribution in [1.82, 2.24) is 42.1 Å². The zero-order valence-electron chi connectivity index (χ0n) is 41.3. The maximum atomic E-state index is 14.5. The number of hydrogen-bond acceptors (Lipinski definition) is 16. The largest absolute Gasteiger partial charge is 0.508 e. The molecule has 0 aliphatic carbocycles. The summed E-state index contributed by atoms with van der Waals surface area (Å²) in [4.78, 5) is 157. The van der Waals surface area contributed by atoms with Crippen LogP contribution in [-0.2, 0) is 64.0 Å². The van der Waals surface area contributed by atoms with Crippen molar-refractivity contribution in [2.75, 3.05) is 24.6 Å². The molecule has 2 saturated heterocycles. The van der Waals surface area contributed by atoms with E-state index in [-0.39, 0.29) is 49.0 Å². The van der Waals surface area contributed by atoms with E-state index in [1.54, 1.807) is 27.7 Å². The number of rotatable bonds is 17. The molecule has 10 amide bonds. The number of nitrogens with two attached hydrogens (primary N) is 3. The fraction of sp³-hybridized carbons (Fsp3) is 0.600. The van der Waals surface area contributed by atoms with E-state index in [4.69, 9.17) is 27.1 Å². The summed E-state index contributed by atoms with van der Waals surface area (Å²) in [6.07, 6.45) is -1.04. The Balaban J connectivity index is 0.00000439. The van der Waals surface area contributed by atoms with E-state index in [1.807, 2.05) is 0 Å². The number of carbonyl (C=O) groups excluding carboxylic acids is 10. The normalized spacial score (nSPS) is 23.3. The number of benzene rings is 1. The second-order valence-corrected chi connectivity index (χ2v) is 20.4. The standard InChI is InChI=1S/C43H65N11O13S2.C2H4O2/c1-5-22(4)35-42(66)48-26(12-13-32(45)56)38(62)50-29(17-34(58)59)39(63)52-30(20-69-68-19-25(44)36(60)49-28(40(64)53-35)16-23-8-10-24(55)11-9-23)43(67)54-14-6-7-31(54)41(65)51-27(15-21(2)3)37(61)47-18-33(46)57;1-2(3)4/h8-11,21-22,25-31,35,55H,5-7,12-20,44H2,1-4H3,(H2,45,56)(H2,46,57)(H,47,61)(H,48,66)(H,49,60)(H,50,62)(H,51,65)(H,52,63)(H,53,64)(H,58,59);1H3,(H,3,4)/t22-,25-,26?,27-,28?,29-,30?,31-,35-;/m0./s1. The smallest absolute Gasteiger partial charge is 0.305 e. The first-order valence-corrected chi connectivity index (χ1v) is 25.9. The number of likely N-dealkylation sites (tertiary alicyclic amines) is 1. The van der Waals surface area contributed by atoms with Gasteiger partial charge in [0.25, 0.3) is 5.97 Å². The first kappa shape index (κ1) is 62.4. The van der Waals surface area contributed by atoms with E-state index in [0.717, 1.165) is 28.5 Å². The third-order valence-corrected chi connectivity index (χ3v) is 13.7. The molecule has 2 fully saturated rings. The topological polar surface area (TPSA) is 431 Å². The Morgan fingerprint density at radius 3 is 1.95 bits per heavy atom. The average molecular weight is 1070 g/mol. The summed E-state index contributed by atoms with van der Waals surface area (Å²) in [5, 5.41) is 44.7. The van der Waals surface area contributed by atoms with Crippen LogP contribution in [0, 0.1) is 11.8 Å². The maximum absolute atomic E-state index is 14.5. The van der Waals surface area contributed by atoms with Gasteiger partial charge in [0.2, 0.25) is 59.1 Å². The first-order valence-electron chi connectivity index (χ1n) is 23.4. The number of phenols is 1. The molecule has 3 unspecified atom stereocenters. The van der Waals surface area contributed by atoms with Crippen molar-refractivity contribution >= 4 is 92.6 Å². The lowest BCUT2D eigenvalue weighted by molar-refractivity contribution is -0.143. The minimum absolute atomic E-state index is 0.0297. The number of aromatic hydroxyl groups is 1. The van der Waals surface area contributed by atoms with Crippen LogP contribution < -0.4 is 54.4 Å². The van der Waals surface area contributed by atoms with E-state index in [0.29, 0.717) is 18.4 Å². The Kier molecular flexibility index (Phi) is 26.5. The Bertz CT molecular complexity index is 2150. The molecule has 2 aliphatic heterocycles. The van der Waals surface area contributed by atoms with Crippen molar-refractivity contribution in [1.29, 1.82) is 0 Å². The fourth-order valence-corrected chi connectivity index (χ4v) is 9.59. The lowest BCUT2D eigenvalue weighted by Gasteiger charge is -2.31. The van der Waals surface area contributed by atoms with Gasteiger partial charge in [-0.15, -0.1) is 0 Å². The summed E-state index contributed by atoms with van der Waals surface area (Å²) >= 11 is 0. The highest BCUT2D eigenvalue weighted by molar-refractivity contribution is 8.76. The minimum Gasteiger partial charge on any atom is -0.508 e. The Labute approximate surface area is 429 Å². The van der Waals surface area contributed by atoms with Crippen LogP contribution in [0.15, 0.2) is 24.3 Å². The van der Waals surface area contributed by atoms with Crippen LogP contribution in [0.25, 0.3) is 0 Å². The van der Waals surface area contributed by atoms with Crippen LogP contribution in [-0.4, -0.2) is 164 Å². The molecule has 26 nitrogen and oxygen atoms in total. The lowest BCUT2D eigenvalue weighted by Crippen LogP contribution is -2.61. The van der Waals surface area contributed by atoms with Crippen molar-refractivity contribution in [2.45, 2.75) is 134 Å². The van der Waals surface area contributed by atoms with Crippen LogP contribution in [0.1, 0.15) is 85.1 Å². The van der Waals surface area contributed by atoms with Crippen LogP contribution in [0.4, 0.5) is 0 Å². The summed E-state index contributed by atoms with van der Waals surface area (Å²) in [6, 6.07) is -5.36. The Morgan fingerprint density at radius 2 is 1.37 bits per heavy atom. The number of phenolic OH excluding ortho intramolecular Hbond substituents is 1. The number of carbonyl (C=O) groups is 12. The molecule has 16 N–H and O–H groups in total. The zero-order chi connectivity index (χ0) is 55.1. The van der Waals surface area contributed by atoms with Crippen LogP contribution in [0.3, 0.4) is 0 Å². The average Bonchev–Trinajstić information content (AvgIpc) is 3.81. The van der Waals surface area contributed by atoms with Crippen molar-refractivity contribution in [3.8, 4) is 5.75 Å². The molecule has 9 atom stereocenters. The molecule has 1 aromatic carbocycles. The highest BCUT2D eigenvalue weighted by Gasteiger charge is 2.41. The molecule has 1 aromatic rings. The predicted octanol–water partition coefficient (Wildman–Crippen LogP) is -2.92. The van der Waals surface area contributed by atoms with Gasteiger partial charge in [0.15, 0.2) is 0 Å². The van der Waals surface area contributed by atoms with Crippen LogP contribution in [0.5, 0.6) is 5.75 Å². The lowest BCUT2D eigenvalue weighted by atomic mass is 9.96. The molecule has 0 bridgehead atoms. The van der Waals surface area contributed by atoms with Gasteiger partial charge in [0, 0.05) is 37.8 Å². The number of hydrogen-bond donors (Lipinski definition) is 13. The summed E-state index contributed by atoms with van der Waals surface area (Å²) in [6.45, 7) is 7.62. The first-order chi connectivity index (χ1) is 34.2. The molecule has 2 aliphatic rings. The molecule has 406 valence electrons. The number of primary amides is 2. The molecular weight excluding hydrogens is 999 g/mol. The molecule has 0 aromatic heterocycles. The fourth-order valence-electron chi connectivity index (χ4n) is 7.32. The number of amides is 10. The van der Waals surface area contributed by atoms with Crippen molar-refractivity contribution in [2.24, 2.45) is 29.0 Å². The van der Waals surface area contributed by atoms with Gasteiger partial charge in [-0.05, 0) is 55.2 Å². The summed E-state index contributed by atoms with van der Waals surface area (Å²) in [7, 11) is 2.00. The zero-order valence-corrected chi connectivity index (χ0v) is 42.9. The molecule has 0 spiro atoms. The van der Waals surface area contributed by atoms with Gasteiger partial charge in [-0.1, -0.05) is 67.8 Å². The molecular formula is C45H69N11O15S2. The summed E-state index contributed by atoms with van der Waals surface area (Å²) in [5.41, 5.74) is 17.4. The van der Waals surface area contributed by atoms with E-state index < -0.39 is 151 Å². The Morgan fingerprint density at radius 1 is 0.795 bits per heavy atom. The SMILES string of the molecule is CC(=O)O.CC[C@H](C)[C@@H]1NC(=O)C(Cc2ccc(O)cc2)NC(=O)[C@@H](N)CSSCC(C(=O)N2CCC[C@H]2C(=O)N[C@@H](CC(C)C)C(=O)NCC(N)=O)NC(=O)[C@H](CC(=O)O)NC(=O)C(CCC(N)=O)NC1=O. The number of nitrogens with one attached hydrogen (secondary N) is 7. The van der Waals surface area contributed by atoms with Gasteiger partial charge in [0.05, 0.1) is 19.0 Å².